The molecule has 3 amide bonds. The Morgan fingerprint density at radius 2 is 1.58 bits per heavy atom. The summed E-state index contributed by atoms with van der Waals surface area (Å²) in [5.41, 5.74) is 1.93. The van der Waals surface area contributed by atoms with Crippen molar-refractivity contribution in [3.63, 3.8) is 0 Å². The van der Waals surface area contributed by atoms with Gasteiger partial charge in [-0.1, -0.05) is 24.3 Å². The second-order valence-corrected chi connectivity index (χ2v) is 8.20. The summed E-state index contributed by atoms with van der Waals surface area (Å²) in [7, 11) is 1.62. The van der Waals surface area contributed by atoms with E-state index in [4.69, 9.17) is 4.74 Å². The molecule has 1 unspecified atom stereocenters. The predicted molar refractivity (Wildman–Crippen MR) is 129 cm³/mol. The number of carbonyl (C=O) groups is 3. The highest BCUT2D eigenvalue weighted by Gasteiger charge is 2.29. The molecule has 7 heteroatoms. The summed E-state index contributed by atoms with van der Waals surface area (Å²) in [5.74, 6) is 0.0959. The quantitative estimate of drug-likeness (QED) is 0.613. The van der Waals surface area contributed by atoms with Gasteiger partial charge in [-0.3, -0.25) is 14.4 Å². The first kappa shape index (κ1) is 22.3. The Morgan fingerprint density at radius 3 is 2.24 bits per heavy atom. The number of piperidine rings is 1. The Hall–Kier alpha value is -3.87. The number of hydrogen-bond donors (Lipinski definition) is 2. The van der Waals surface area contributed by atoms with Gasteiger partial charge in [-0.15, -0.1) is 0 Å². The van der Waals surface area contributed by atoms with Crippen molar-refractivity contribution in [2.24, 2.45) is 5.92 Å². The number of anilines is 2. The molecule has 2 N–H and O–H groups in total. The molecular formula is C26H27N3O4. The summed E-state index contributed by atoms with van der Waals surface area (Å²) < 4.78 is 5.44. The first-order chi connectivity index (χ1) is 16.0. The molecule has 1 aliphatic heterocycles. The third kappa shape index (κ3) is 4.98. The van der Waals surface area contributed by atoms with Crippen molar-refractivity contribution >= 4 is 39.9 Å². The number of fused-ring (bicyclic) bond motifs is 1. The molecule has 0 aliphatic carbocycles. The monoisotopic (exact) mass is 445 g/mol. The van der Waals surface area contributed by atoms with Crippen LogP contribution in [0, 0.1) is 5.92 Å². The van der Waals surface area contributed by atoms with Crippen LogP contribution >= 0.6 is 0 Å². The Bertz CT molecular complexity index is 1190. The van der Waals surface area contributed by atoms with Gasteiger partial charge in [0.1, 0.15) is 5.75 Å². The van der Waals surface area contributed by atoms with Crippen molar-refractivity contribution in [2.75, 3.05) is 30.8 Å². The van der Waals surface area contributed by atoms with E-state index >= 15 is 0 Å². The molecule has 33 heavy (non-hydrogen) atoms. The molecule has 0 bridgehead atoms. The van der Waals surface area contributed by atoms with Crippen LogP contribution in [0.2, 0.25) is 0 Å². The van der Waals surface area contributed by atoms with Crippen LogP contribution in [0.1, 0.15) is 30.1 Å². The lowest BCUT2D eigenvalue weighted by molar-refractivity contribution is -0.121. The minimum absolute atomic E-state index is 0.0778. The number of hydrogen-bond acceptors (Lipinski definition) is 4. The molecule has 1 atom stereocenters. The highest BCUT2D eigenvalue weighted by atomic mass is 16.5. The molecule has 0 saturated carbocycles. The summed E-state index contributed by atoms with van der Waals surface area (Å²) in [6.07, 6.45) is 1.49. The van der Waals surface area contributed by atoms with E-state index in [2.05, 4.69) is 10.6 Å². The van der Waals surface area contributed by atoms with Gasteiger partial charge in [0.05, 0.1) is 13.0 Å². The maximum Gasteiger partial charge on any atom is 0.254 e. The number of methoxy groups -OCH3 is 1. The fraction of sp³-hybridized carbons (Fsp3) is 0.269. The predicted octanol–water partition coefficient (Wildman–Crippen LogP) is 4.30. The lowest BCUT2D eigenvalue weighted by atomic mass is 9.95. The molecular weight excluding hydrogens is 418 g/mol. The summed E-state index contributed by atoms with van der Waals surface area (Å²) in [6, 6.07) is 18.3. The maximum absolute atomic E-state index is 13.4. The lowest BCUT2D eigenvalue weighted by Crippen LogP contribution is -2.43. The van der Waals surface area contributed by atoms with Crippen LogP contribution in [-0.2, 0) is 9.59 Å². The fourth-order valence-corrected chi connectivity index (χ4v) is 4.27. The molecule has 3 aromatic rings. The molecule has 1 aliphatic rings. The first-order valence-electron chi connectivity index (χ1n) is 11.0. The Morgan fingerprint density at radius 1 is 0.909 bits per heavy atom. The van der Waals surface area contributed by atoms with Gasteiger partial charge < -0.3 is 20.3 Å². The minimum atomic E-state index is -0.290. The molecule has 4 rings (SSSR count). The molecule has 0 aromatic heterocycles. The van der Waals surface area contributed by atoms with Gasteiger partial charge in [-0.25, -0.2) is 0 Å². The second kappa shape index (κ2) is 9.73. The van der Waals surface area contributed by atoms with Gasteiger partial charge in [0.2, 0.25) is 11.8 Å². The van der Waals surface area contributed by atoms with Crippen LogP contribution in [0.5, 0.6) is 5.75 Å². The van der Waals surface area contributed by atoms with E-state index < -0.39 is 0 Å². The second-order valence-electron chi connectivity index (χ2n) is 8.20. The van der Waals surface area contributed by atoms with Gasteiger partial charge in [0, 0.05) is 42.3 Å². The fourth-order valence-electron chi connectivity index (χ4n) is 4.27. The molecule has 7 nitrogen and oxygen atoms in total. The van der Waals surface area contributed by atoms with Crippen molar-refractivity contribution in [2.45, 2.75) is 19.8 Å². The number of rotatable bonds is 5. The molecule has 0 radical (unpaired) electrons. The minimum Gasteiger partial charge on any atom is -0.496 e. The van der Waals surface area contributed by atoms with Crippen molar-refractivity contribution < 1.29 is 19.1 Å². The average Bonchev–Trinajstić information content (AvgIpc) is 2.84. The maximum atomic E-state index is 13.4. The van der Waals surface area contributed by atoms with Crippen molar-refractivity contribution in [3.8, 4) is 5.75 Å². The van der Waals surface area contributed by atoms with Crippen LogP contribution in [-0.4, -0.2) is 42.8 Å². The number of nitrogens with one attached hydrogen (secondary N) is 2. The standard InChI is InChI=1S/C26H27N3O4/c1-17(30)27-19-9-11-20(12-10-19)28-25(31)18-6-5-15-29(16-18)26(32)23-13-14-24(33-2)22-8-4-3-7-21(22)23/h3-4,7-14,18H,5-6,15-16H2,1-2H3,(H,27,30)(H,28,31). The number of benzene rings is 3. The normalized spacial score (nSPS) is 15.7. The van der Waals surface area contributed by atoms with Crippen molar-refractivity contribution in [1.29, 1.82) is 0 Å². The third-order valence-corrected chi connectivity index (χ3v) is 5.89. The summed E-state index contributed by atoms with van der Waals surface area (Å²) >= 11 is 0. The van der Waals surface area contributed by atoms with Crippen molar-refractivity contribution in [1.82, 2.24) is 4.90 Å². The summed E-state index contributed by atoms with van der Waals surface area (Å²) in [4.78, 5) is 39.2. The van der Waals surface area contributed by atoms with E-state index in [9.17, 15) is 14.4 Å². The van der Waals surface area contributed by atoms with Crippen LogP contribution in [0.15, 0.2) is 60.7 Å². The lowest BCUT2D eigenvalue weighted by Gasteiger charge is -2.32. The molecule has 1 fully saturated rings. The van der Waals surface area contributed by atoms with Gasteiger partial charge in [-0.05, 0) is 54.6 Å². The SMILES string of the molecule is COc1ccc(C(=O)N2CCCC(C(=O)Nc3ccc(NC(C)=O)cc3)C2)c2ccccc12. The van der Waals surface area contributed by atoms with E-state index in [1.54, 1.807) is 42.3 Å². The van der Waals surface area contributed by atoms with Gasteiger partial charge >= 0.3 is 0 Å². The highest BCUT2D eigenvalue weighted by Crippen LogP contribution is 2.30. The van der Waals surface area contributed by atoms with E-state index in [-0.39, 0.29) is 23.6 Å². The molecule has 1 heterocycles. The zero-order valence-electron chi connectivity index (χ0n) is 18.8. The largest absolute Gasteiger partial charge is 0.496 e. The summed E-state index contributed by atoms with van der Waals surface area (Å²) in [6.45, 7) is 2.43. The molecule has 1 saturated heterocycles. The topological polar surface area (TPSA) is 87.7 Å². The number of nitrogens with zero attached hydrogens (tertiary/aromatic N) is 1. The smallest absolute Gasteiger partial charge is 0.254 e. The summed E-state index contributed by atoms with van der Waals surface area (Å²) in [5, 5.41) is 7.36. The van der Waals surface area contributed by atoms with Gasteiger partial charge in [0.25, 0.3) is 5.91 Å². The van der Waals surface area contributed by atoms with E-state index in [0.717, 1.165) is 29.4 Å². The number of likely N-dealkylation sites (tertiary alicyclic amines) is 1. The molecule has 3 aromatic carbocycles. The zero-order chi connectivity index (χ0) is 23.4. The number of amides is 3. The first-order valence-corrected chi connectivity index (χ1v) is 11.0. The molecule has 0 spiro atoms. The average molecular weight is 446 g/mol. The van der Waals surface area contributed by atoms with Crippen LogP contribution < -0.4 is 15.4 Å². The highest BCUT2D eigenvalue weighted by molar-refractivity contribution is 6.08. The van der Waals surface area contributed by atoms with E-state index in [1.807, 2.05) is 30.3 Å². The number of carbonyl (C=O) groups excluding carboxylic acids is 3. The zero-order valence-corrected chi connectivity index (χ0v) is 18.8. The molecule has 170 valence electrons. The van der Waals surface area contributed by atoms with Gasteiger partial charge in [0.15, 0.2) is 0 Å². The third-order valence-electron chi connectivity index (χ3n) is 5.89. The van der Waals surface area contributed by atoms with Crippen LogP contribution in [0.4, 0.5) is 11.4 Å². The van der Waals surface area contributed by atoms with E-state index in [0.29, 0.717) is 30.0 Å². The van der Waals surface area contributed by atoms with Crippen LogP contribution in [0.25, 0.3) is 10.8 Å². The van der Waals surface area contributed by atoms with E-state index in [1.165, 1.54) is 6.92 Å². The Balaban J connectivity index is 1.46. The van der Waals surface area contributed by atoms with Crippen molar-refractivity contribution in [3.05, 3.63) is 66.2 Å². The Kier molecular flexibility index (Phi) is 6.58. The van der Waals surface area contributed by atoms with Crippen LogP contribution in [0.3, 0.4) is 0 Å². The van der Waals surface area contributed by atoms with Gasteiger partial charge in [-0.2, -0.15) is 0 Å². The Labute approximate surface area is 192 Å². The number of ether oxygens (including phenoxy) is 1.